The highest BCUT2D eigenvalue weighted by molar-refractivity contribution is 6.28. The van der Waals surface area contributed by atoms with Crippen molar-refractivity contribution in [3.05, 3.63) is 5.28 Å². The molecule has 0 saturated carbocycles. The standard InChI is InChI=1S/C8H14ClN5O/c1-3-10-7-12-6(9)13-8(14-7)11-4-5-15-2/h3-5H2,1-2H3,(H2,10,11,12,13,14). The highest BCUT2D eigenvalue weighted by atomic mass is 35.5. The molecule has 7 heteroatoms. The largest absolute Gasteiger partial charge is 0.383 e. The first-order chi connectivity index (χ1) is 7.26. The van der Waals surface area contributed by atoms with Gasteiger partial charge in [-0.15, -0.1) is 0 Å². The smallest absolute Gasteiger partial charge is 0.228 e. The Bertz CT molecular complexity index is 309. The molecule has 15 heavy (non-hydrogen) atoms. The quantitative estimate of drug-likeness (QED) is 0.713. The number of methoxy groups -OCH3 is 1. The molecule has 0 fully saturated rings. The van der Waals surface area contributed by atoms with E-state index in [1.54, 1.807) is 7.11 Å². The molecule has 0 amide bonds. The summed E-state index contributed by atoms with van der Waals surface area (Å²) in [4.78, 5) is 11.9. The Morgan fingerprint density at radius 3 is 2.47 bits per heavy atom. The molecule has 0 aromatic carbocycles. The van der Waals surface area contributed by atoms with Crippen LogP contribution in [0.5, 0.6) is 0 Å². The number of hydrogen-bond acceptors (Lipinski definition) is 6. The van der Waals surface area contributed by atoms with Gasteiger partial charge >= 0.3 is 0 Å². The molecule has 1 heterocycles. The van der Waals surface area contributed by atoms with Gasteiger partial charge in [-0.05, 0) is 18.5 Å². The Hall–Kier alpha value is -1.14. The second-order valence-electron chi connectivity index (χ2n) is 2.70. The van der Waals surface area contributed by atoms with Gasteiger partial charge in [-0.2, -0.15) is 15.0 Å². The number of nitrogens with one attached hydrogen (secondary N) is 2. The molecule has 0 aliphatic heterocycles. The molecular formula is C8H14ClN5O. The molecule has 0 atom stereocenters. The molecule has 84 valence electrons. The summed E-state index contributed by atoms with van der Waals surface area (Å²) in [5.74, 6) is 0.917. The lowest BCUT2D eigenvalue weighted by atomic mass is 10.6. The van der Waals surface area contributed by atoms with Crippen LogP contribution in [0.25, 0.3) is 0 Å². The number of ether oxygens (including phenoxy) is 1. The number of aromatic nitrogens is 3. The summed E-state index contributed by atoms with van der Waals surface area (Å²) in [7, 11) is 1.63. The van der Waals surface area contributed by atoms with Crippen LogP contribution in [-0.2, 0) is 4.74 Å². The summed E-state index contributed by atoms with van der Waals surface area (Å²) in [5, 5.41) is 6.10. The van der Waals surface area contributed by atoms with Crippen molar-refractivity contribution in [2.24, 2.45) is 0 Å². The summed E-state index contributed by atoms with van der Waals surface area (Å²) >= 11 is 5.73. The van der Waals surface area contributed by atoms with Gasteiger partial charge in [0.15, 0.2) is 0 Å². The van der Waals surface area contributed by atoms with Gasteiger partial charge in [0.05, 0.1) is 6.61 Å². The minimum atomic E-state index is 0.167. The second kappa shape index (κ2) is 6.36. The minimum Gasteiger partial charge on any atom is -0.383 e. The highest BCUT2D eigenvalue weighted by Gasteiger charge is 2.02. The number of nitrogens with zero attached hydrogens (tertiary/aromatic N) is 3. The average molecular weight is 232 g/mol. The van der Waals surface area contributed by atoms with Crippen molar-refractivity contribution in [2.45, 2.75) is 6.92 Å². The van der Waals surface area contributed by atoms with Crippen LogP contribution in [0.3, 0.4) is 0 Å². The number of rotatable bonds is 6. The molecule has 6 nitrogen and oxygen atoms in total. The minimum absolute atomic E-state index is 0.167. The van der Waals surface area contributed by atoms with Crippen LogP contribution >= 0.6 is 11.6 Å². The summed E-state index contributed by atoms with van der Waals surface area (Å²) in [6.07, 6.45) is 0. The van der Waals surface area contributed by atoms with Gasteiger partial charge in [0, 0.05) is 20.2 Å². The fourth-order valence-electron chi connectivity index (χ4n) is 0.931. The Morgan fingerprint density at radius 1 is 1.20 bits per heavy atom. The molecule has 0 spiro atoms. The van der Waals surface area contributed by atoms with Crippen molar-refractivity contribution in [3.63, 3.8) is 0 Å². The van der Waals surface area contributed by atoms with Crippen LogP contribution in [0.1, 0.15) is 6.92 Å². The first kappa shape index (κ1) is 11.9. The normalized spacial score (nSPS) is 10.1. The topological polar surface area (TPSA) is 72.0 Å². The third kappa shape index (κ3) is 4.26. The van der Waals surface area contributed by atoms with Gasteiger partial charge in [0.2, 0.25) is 17.2 Å². The Balaban J connectivity index is 2.62. The van der Waals surface area contributed by atoms with E-state index >= 15 is 0 Å². The summed E-state index contributed by atoms with van der Waals surface area (Å²) in [5.41, 5.74) is 0. The second-order valence-corrected chi connectivity index (χ2v) is 3.04. The van der Waals surface area contributed by atoms with Gasteiger partial charge in [0.1, 0.15) is 0 Å². The lowest BCUT2D eigenvalue weighted by Gasteiger charge is -2.06. The van der Waals surface area contributed by atoms with Crippen molar-refractivity contribution in [2.75, 3.05) is 37.4 Å². The Morgan fingerprint density at radius 2 is 1.87 bits per heavy atom. The first-order valence-electron chi connectivity index (χ1n) is 4.64. The van der Waals surface area contributed by atoms with Crippen molar-refractivity contribution < 1.29 is 4.74 Å². The van der Waals surface area contributed by atoms with Crippen LogP contribution in [0, 0.1) is 0 Å². The van der Waals surface area contributed by atoms with Crippen molar-refractivity contribution >= 4 is 23.5 Å². The van der Waals surface area contributed by atoms with Crippen molar-refractivity contribution in [1.82, 2.24) is 15.0 Å². The molecule has 0 aliphatic rings. The maximum atomic E-state index is 5.73. The van der Waals surface area contributed by atoms with E-state index < -0.39 is 0 Å². The third-order valence-electron chi connectivity index (χ3n) is 1.53. The zero-order chi connectivity index (χ0) is 11.1. The molecule has 1 rings (SSSR count). The predicted octanol–water partition coefficient (Wildman–Crippen LogP) is 1.02. The summed E-state index contributed by atoms with van der Waals surface area (Å²) in [6, 6.07) is 0. The molecule has 0 radical (unpaired) electrons. The van der Waals surface area contributed by atoms with E-state index in [1.807, 2.05) is 6.92 Å². The van der Waals surface area contributed by atoms with Gasteiger partial charge in [-0.25, -0.2) is 0 Å². The molecule has 1 aromatic rings. The van der Waals surface area contributed by atoms with E-state index in [0.717, 1.165) is 6.54 Å². The number of anilines is 2. The molecule has 0 aliphatic carbocycles. The van der Waals surface area contributed by atoms with E-state index in [4.69, 9.17) is 16.3 Å². The fraction of sp³-hybridized carbons (Fsp3) is 0.625. The molecule has 2 N–H and O–H groups in total. The monoisotopic (exact) mass is 231 g/mol. The van der Waals surface area contributed by atoms with Gasteiger partial charge < -0.3 is 15.4 Å². The molecule has 0 saturated heterocycles. The zero-order valence-electron chi connectivity index (χ0n) is 8.75. The highest BCUT2D eigenvalue weighted by Crippen LogP contribution is 2.08. The molecule has 0 bridgehead atoms. The van der Waals surface area contributed by atoms with E-state index in [2.05, 4.69) is 25.6 Å². The number of hydrogen-bond donors (Lipinski definition) is 2. The lowest BCUT2D eigenvalue weighted by Crippen LogP contribution is -2.12. The van der Waals surface area contributed by atoms with Crippen LogP contribution in [-0.4, -0.2) is 41.8 Å². The van der Waals surface area contributed by atoms with Crippen LogP contribution in [0.2, 0.25) is 5.28 Å². The predicted molar refractivity (Wildman–Crippen MR) is 59.4 cm³/mol. The molecular weight excluding hydrogens is 218 g/mol. The average Bonchev–Trinajstić information content (AvgIpc) is 2.18. The van der Waals surface area contributed by atoms with Gasteiger partial charge in [0.25, 0.3) is 0 Å². The van der Waals surface area contributed by atoms with Crippen molar-refractivity contribution in [3.8, 4) is 0 Å². The van der Waals surface area contributed by atoms with Crippen LogP contribution < -0.4 is 10.6 Å². The maximum absolute atomic E-state index is 5.73. The van der Waals surface area contributed by atoms with Gasteiger partial charge in [-0.3, -0.25) is 0 Å². The van der Waals surface area contributed by atoms with E-state index in [9.17, 15) is 0 Å². The lowest BCUT2D eigenvalue weighted by molar-refractivity contribution is 0.210. The first-order valence-corrected chi connectivity index (χ1v) is 5.02. The Labute approximate surface area is 93.4 Å². The Kier molecular flexibility index (Phi) is 5.06. The van der Waals surface area contributed by atoms with E-state index in [-0.39, 0.29) is 5.28 Å². The van der Waals surface area contributed by atoms with Crippen LogP contribution in [0.4, 0.5) is 11.9 Å². The third-order valence-corrected chi connectivity index (χ3v) is 1.70. The zero-order valence-corrected chi connectivity index (χ0v) is 9.51. The van der Waals surface area contributed by atoms with Crippen LogP contribution in [0.15, 0.2) is 0 Å². The molecule has 1 aromatic heterocycles. The summed E-state index contributed by atoms with van der Waals surface area (Å²) < 4.78 is 4.89. The van der Waals surface area contributed by atoms with E-state index in [0.29, 0.717) is 25.0 Å². The van der Waals surface area contributed by atoms with Crippen molar-refractivity contribution in [1.29, 1.82) is 0 Å². The summed E-state index contributed by atoms with van der Waals surface area (Å²) in [6.45, 7) is 3.90. The maximum Gasteiger partial charge on any atom is 0.228 e. The number of halogens is 1. The van der Waals surface area contributed by atoms with E-state index in [1.165, 1.54) is 0 Å². The fourth-order valence-corrected chi connectivity index (χ4v) is 1.09. The molecule has 0 unspecified atom stereocenters. The van der Waals surface area contributed by atoms with Gasteiger partial charge in [-0.1, -0.05) is 0 Å². The SMILES string of the molecule is CCNc1nc(Cl)nc(NCCOC)n1.